The van der Waals surface area contributed by atoms with Gasteiger partial charge in [-0.2, -0.15) is 0 Å². The van der Waals surface area contributed by atoms with Crippen molar-refractivity contribution in [2.75, 3.05) is 11.9 Å². The van der Waals surface area contributed by atoms with E-state index in [0.717, 1.165) is 31.2 Å². The third-order valence-electron chi connectivity index (χ3n) is 7.14. The Morgan fingerprint density at radius 1 is 1.12 bits per heavy atom. The third-order valence-corrected chi connectivity index (χ3v) is 7.14. The van der Waals surface area contributed by atoms with E-state index >= 15 is 0 Å². The average Bonchev–Trinajstić information content (AvgIpc) is 3.23. The Balaban J connectivity index is 1.35. The second-order valence-electron chi connectivity index (χ2n) is 9.26. The first-order chi connectivity index (χ1) is 16.0. The van der Waals surface area contributed by atoms with Crippen LogP contribution in [0.15, 0.2) is 48.5 Å². The third kappa shape index (κ3) is 4.19. The minimum atomic E-state index is -0.478. The minimum absolute atomic E-state index is 0.00786. The number of amides is 3. The SMILES string of the molecule is CC(NC(=O)C1CC2CCCCC2N1C(=O)c1ccccc1)c1ccc2c(c1)NC(=O)CO2. The molecule has 1 aliphatic carbocycles. The van der Waals surface area contributed by atoms with Crippen molar-refractivity contribution in [2.45, 2.75) is 57.2 Å². The van der Waals surface area contributed by atoms with Crippen LogP contribution in [-0.4, -0.2) is 41.3 Å². The van der Waals surface area contributed by atoms with E-state index in [1.165, 1.54) is 0 Å². The molecule has 2 aliphatic heterocycles. The van der Waals surface area contributed by atoms with Crippen molar-refractivity contribution in [1.29, 1.82) is 0 Å². The Hall–Kier alpha value is -3.35. The summed E-state index contributed by atoms with van der Waals surface area (Å²) in [6, 6.07) is 14.1. The fourth-order valence-electron chi connectivity index (χ4n) is 5.48. The van der Waals surface area contributed by atoms with Crippen LogP contribution in [0.2, 0.25) is 0 Å². The molecule has 2 heterocycles. The van der Waals surface area contributed by atoms with Gasteiger partial charge in [-0.15, -0.1) is 0 Å². The van der Waals surface area contributed by atoms with Gasteiger partial charge in [0.15, 0.2) is 6.61 Å². The summed E-state index contributed by atoms with van der Waals surface area (Å²) in [6.07, 6.45) is 4.96. The monoisotopic (exact) mass is 447 g/mol. The maximum absolute atomic E-state index is 13.5. The van der Waals surface area contributed by atoms with Crippen LogP contribution in [0.5, 0.6) is 5.75 Å². The standard InChI is InChI=1S/C26H29N3O4/c1-16(18-11-12-23-20(13-18)28-24(30)15-33-23)27-25(31)22-14-19-9-5-6-10-21(19)29(22)26(32)17-7-3-2-4-8-17/h2-4,7-8,11-13,16,19,21-22H,5-6,9-10,14-15H2,1H3,(H,27,31)(H,28,30). The Labute approximate surface area is 193 Å². The van der Waals surface area contributed by atoms with Crippen LogP contribution in [0.1, 0.15) is 61.0 Å². The van der Waals surface area contributed by atoms with Crippen LogP contribution in [0.4, 0.5) is 5.69 Å². The van der Waals surface area contributed by atoms with Gasteiger partial charge in [0.05, 0.1) is 11.7 Å². The molecule has 33 heavy (non-hydrogen) atoms. The van der Waals surface area contributed by atoms with E-state index in [2.05, 4.69) is 10.6 Å². The fraction of sp³-hybridized carbons (Fsp3) is 0.423. The number of nitrogens with one attached hydrogen (secondary N) is 2. The summed E-state index contributed by atoms with van der Waals surface area (Å²) in [5.41, 5.74) is 2.10. The number of benzene rings is 2. The number of fused-ring (bicyclic) bond motifs is 2. The summed E-state index contributed by atoms with van der Waals surface area (Å²) in [6.45, 7) is 1.92. The molecular formula is C26H29N3O4. The quantitative estimate of drug-likeness (QED) is 0.749. The molecule has 4 atom stereocenters. The van der Waals surface area contributed by atoms with E-state index in [1.807, 2.05) is 60.4 Å². The molecule has 2 aromatic carbocycles. The van der Waals surface area contributed by atoms with Gasteiger partial charge in [-0.25, -0.2) is 0 Å². The second-order valence-corrected chi connectivity index (χ2v) is 9.26. The summed E-state index contributed by atoms with van der Waals surface area (Å²) >= 11 is 0. The lowest BCUT2D eigenvalue weighted by Gasteiger charge is -2.34. The predicted octanol–water partition coefficient (Wildman–Crippen LogP) is 3.67. The number of hydrogen-bond acceptors (Lipinski definition) is 4. The Morgan fingerprint density at radius 2 is 1.91 bits per heavy atom. The van der Waals surface area contributed by atoms with Crippen LogP contribution in [-0.2, 0) is 9.59 Å². The number of hydrogen-bond donors (Lipinski definition) is 2. The van der Waals surface area contributed by atoms with Gasteiger partial charge in [-0.3, -0.25) is 14.4 Å². The summed E-state index contributed by atoms with van der Waals surface area (Å²) in [5, 5.41) is 5.92. The molecule has 2 N–H and O–H groups in total. The fourth-order valence-corrected chi connectivity index (χ4v) is 5.48. The Bertz CT molecular complexity index is 1070. The molecule has 2 aromatic rings. The summed E-state index contributed by atoms with van der Waals surface area (Å²) < 4.78 is 5.43. The molecule has 1 saturated carbocycles. The number of ether oxygens (including phenoxy) is 1. The average molecular weight is 448 g/mol. The first-order valence-electron chi connectivity index (χ1n) is 11.8. The number of anilines is 1. The van der Waals surface area contributed by atoms with Crippen molar-refractivity contribution in [1.82, 2.24) is 10.2 Å². The van der Waals surface area contributed by atoms with Gasteiger partial charge in [-0.05, 0) is 61.9 Å². The lowest BCUT2D eigenvalue weighted by molar-refractivity contribution is -0.126. The predicted molar refractivity (Wildman–Crippen MR) is 124 cm³/mol. The molecule has 0 aromatic heterocycles. The van der Waals surface area contributed by atoms with Crippen molar-refractivity contribution in [3.8, 4) is 5.75 Å². The molecular weight excluding hydrogens is 418 g/mol. The van der Waals surface area contributed by atoms with Crippen LogP contribution in [0.25, 0.3) is 0 Å². The molecule has 3 amide bonds. The zero-order valence-electron chi connectivity index (χ0n) is 18.8. The zero-order chi connectivity index (χ0) is 22.9. The highest BCUT2D eigenvalue weighted by Crippen LogP contribution is 2.41. The maximum atomic E-state index is 13.5. The molecule has 0 spiro atoms. The van der Waals surface area contributed by atoms with Gasteiger partial charge in [0.25, 0.3) is 11.8 Å². The highest BCUT2D eigenvalue weighted by molar-refractivity contribution is 5.98. The van der Waals surface area contributed by atoms with Crippen molar-refractivity contribution in [3.63, 3.8) is 0 Å². The van der Waals surface area contributed by atoms with Gasteiger partial charge in [0.1, 0.15) is 11.8 Å². The number of nitrogens with zero attached hydrogens (tertiary/aromatic N) is 1. The Kier molecular flexibility index (Phi) is 5.79. The lowest BCUT2D eigenvalue weighted by atomic mass is 9.84. The molecule has 0 radical (unpaired) electrons. The van der Waals surface area contributed by atoms with Gasteiger partial charge < -0.3 is 20.3 Å². The first kappa shape index (κ1) is 21.5. The van der Waals surface area contributed by atoms with Crippen molar-refractivity contribution >= 4 is 23.4 Å². The largest absolute Gasteiger partial charge is 0.482 e. The highest BCUT2D eigenvalue weighted by Gasteiger charge is 2.47. The van der Waals surface area contributed by atoms with Crippen LogP contribution >= 0.6 is 0 Å². The summed E-state index contributed by atoms with van der Waals surface area (Å²) in [5.74, 6) is 0.607. The maximum Gasteiger partial charge on any atom is 0.262 e. The smallest absolute Gasteiger partial charge is 0.262 e. The zero-order valence-corrected chi connectivity index (χ0v) is 18.8. The molecule has 7 nitrogen and oxygen atoms in total. The summed E-state index contributed by atoms with van der Waals surface area (Å²) in [7, 11) is 0. The number of carbonyl (C=O) groups is 3. The molecule has 3 aliphatic rings. The van der Waals surface area contributed by atoms with Crippen LogP contribution in [0, 0.1) is 5.92 Å². The van der Waals surface area contributed by atoms with Gasteiger partial charge in [0.2, 0.25) is 5.91 Å². The van der Waals surface area contributed by atoms with E-state index in [0.29, 0.717) is 29.3 Å². The first-order valence-corrected chi connectivity index (χ1v) is 11.8. The van der Waals surface area contributed by atoms with E-state index < -0.39 is 6.04 Å². The van der Waals surface area contributed by atoms with Gasteiger partial charge >= 0.3 is 0 Å². The molecule has 1 saturated heterocycles. The van der Waals surface area contributed by atoms with E-state index in [4.69, 9.17) is 4.74 Å². The molecule has 2 fully saturated rings. The molecule has 5 rings (SSSR count). The van der Waals surface area contributed by atoms with E-state index in [-0.39, 0.29) is 36.4 Å². The molecule has 0 bridgehead atoms. The second kappa shape index (κ2) is 8.89. The lowest BCUT2D eigenvalue weighted by Crippen LogP contribution is -2.50. The van der Waals surface area contributed by atoms with Crippen LogP contribution < -0.4 is 15.4 Å². The van der Waals surface area contributed by atoms with Crippen molar-refractivity contribution in [3.05, 3.63) is 59.7 Å². The van der Waals surface area contributed by atoms with E-state index in [1.54, 1.807) is 0 Å². The van der Waals surface area contributed by atoms with Gasteiger partial charge in [0, 0.05) is 11.6 Å². The molecule has 172 valence electrons. The van der Waals surface area contributed by atoms with Crippen LogP contribution in [0.3, 0.4) is 0 Å². The van der Waals surface area contributed by atoms with Crippen molar-refractivity contribution < 1.29 is 19.1 Å². The van der Waals surface area contributed by atoms with Crippen molar-refractivity contribution in [2.24, 2.45) is 5.92 Å². The highest BCUT2D eigenvalue weighted by atomic mass is 16.5. The van der Waals surface area contributed by atoms with Gasteiger partial charge in [-0.1, -0.05) is 37.1 Å². The molecule has 4 unspecified atom stereocenters. The number of carbonyl (C=O) groups excluding carboxylic acids is 3. The number of likely N-dealkylation sites (tertiary alicyclic amines) is 1. The Morgan fingerprint density at radius 3 is 2.73 bits per heavy atom. The topological polar surface area (TPSA) is 87.7 Å². The molecule has 7 heteroatoms. The number of rotatable bonds is 4. The van der Waals surface area contributed by atoms with E-state index in [9.17, 15) is 14.4 Å². The summed E-state index contributed by atoms with van der Waals surface area (Å²) in [4.78, 5) is 40.4. The minimum Gasteiger partial charge on any atom is -0.482 e. The normalized spacial score (nSPS) is 24.7.